The van der Waals surface area contributed by atoms with Crippen LogP contribution in [0.1, 0.15) is 16.7 Å². The number of aromatic nitrogens is 5. The standard InChI is InChI=1S/C17H15F3N6O/c1-10-3-11(5-13(4-10)17(18,19)20)16-22-9-26(24-16)8-14(15(21)27)12-6-23-25(2)7-12/h3-9H,1-2H3,(H2,21,27)/b14-8-. The molecule has 0 aliphatic rings. The van der Waals surface area contributed by atoms with Crippen molar-refractivity contribution in [2.45, 2.75) is 13.1 Å². The first-order valence-electron chi connectivity index (χ1n) is 7.74. The molecule has 0 radical (unpaired) electrons. The van der Waals surface area contributed by atoms with Crippen LogP contribution in [0.2, 0.25) is 0 Å². The second-order valence-electron chi connectivity index (χ2n) is 5.94. The first-order valence-corrected chi connectivity index (χ1v) is 7.74. The fourth-order valence-electron chi connectivity index (χ4n) is 2.52. The molecule has 1 amide bonds. The Morgan fingerprint density at radius 3 is 2.59 bits per heavy atom. The van der Waals surface area contributed by atoms with Crippen LogP contribution in [-0.2, 0) is 18.0 Å². The van der Waals surface area contributed by atoms with Gasteiger partial charge in [0.05, 0.1) is 17.3 Å². The Labute approximate surface area is 151 Å². The van der Waals surface area contributed by atoms with Crippen molar-refractivity contribution < 1.29 is 18.0 Å². The Bertz CT molecular complexity index is 1030. The number of alkyl halides is 3. The van der Waals surface area contributed by atoms with Gasteiger partial charge >= 0.3 is 6.18 Å². The molecule has 27 heavy (non-hydrogen) atoms. The first kappa shape index (κ1) is 18.4. The summed E-state index contributed by atoms with van der Waals surface area (Å²) in [6, 6.07) is 3.58. The van der Waals surface area contributed by atoms with Crippen LogP contribution in [0.25, 0.3) is 23.2 Å². The topological polar surface area (TPSA) is 91.6 Å². The van der Waals surface area contributed by atoms with Gasteiger partial charge in [-0.05, 0) is 30.7 Å². The molecule has 140 valence electrons. The van der Waals surface area contributed by atoms with Crippen molar-refractivity contribution in [3.63, 3.8) is 0 Å². The summed E-state index contributed by atoms with van der Waals surface area (Å²) in [4.78, 5) is 15.7. The van der Waals surface area contributed by atoms with E-state index in [-0.39, 0.29) is 17.0 Å². The van der Waals surface area contributed by atoms with Crippen LogP contribution in [0.3, 0.4) is 0 Å². The predicted molar refractivity (Wildman–Crippen MR) is 91.8 cm³/mol. The summed E-state index contributed by atoms with van der Waals surface area (Å²) in [6.07, 6.45) is 1.22. The van der Waals surface area contributed by atoms with Crippen molar-refractivity contribution >= 4 is 17.7 Å². The lowest BCUT2D eigenvalue weighted by Crippen LogP contribution is -2.13. The number of halogens is 3. The van der Waals surface area contributed by atoms with E-state index in [9.17, 15) is 18.0 Å². The van der Waals surface area contributed by atoms with Crippen LogP contribution in [0, 0.1) is 6.92 Å². The van der Waals surface area contributed by atoms with Gasteiger partial charge in [0.15, 0.2) is 5.82 Å². The molecule has 0 unspecified atom stereocenters. The molecule has 3 aromatic rings. The Morgan fingerprint density at radius 1 is 1.26 bits per heavy atom. The van der Waals surface area contributed by atoms with Crippen molar-refractivity contribution in [2.24, 2.45) is 12.8 Å². The van der Waals surface area contributed by atoms with Gasteiger partial charge < -0.3 is 5.73 Å². The van der Waals surface area contributed by atoms with Crippen LogP contribution >= 0.6 is 0 Å². The minimum Gasteiger partial charge on any atom is -0.366 e. The fraction of sp³-hybridized carbons (Fsp3) is 0.176. The van der Waals surface area contributed by atoms with Crippen molar-refractivity contribution in [1.29, 1.82) is 0 Å². The molecule has 0 aliphatic heterocycles. The van der Waals surface area contributed by atoms with E-state index in [1.807, 2.05) is 0 Å². The lowest BCUT2D eigenvalue weighted by Gasteiger charge is -2.09. The second-order valence-corrected chi connectivity index (χ2v) is 5.94. The molecule has 0 spiro atoms. The van der Waals surface area contributed by atoms with Crippen LogP contribution in [0.5, 0.6) is 0 Å². The molecule has 0 atom stereocenters. The molecular formula is C17H15F3N6O. The summed E-state index contributed by atoms with van der Waals surface area (Å²) in [6.45, 7) is 1.56. The zero-order chi connectivity index (χ0) is 19.8. The van der Waals surface area contributed by atoms with E-state index in [2.05, 4.69) is 15.2 Å². The molecule has 0 saturated heterocycles. The molecule has 10 heteroatoms. The Morgan fingerprint density at radius 2 is 2.00 bits per heavy atom. The summed E-state index contributed by atoms with van der Waals surface area (Å²) in [7, 11) is 1.69. The van der Waals surface area contributed by atoms with Crippen LogP contribution < -0.4 is 5.73 Å². The molecule has 0 bridgehead atoms. The zero-order valence-corrected chi connectivity index (χ0v) is 14.4. The van der Waals surface area contributed by atoms with E-state index >= 15 is 0 Å². The fourth-order valence-corrected chi connectivity index (χ4v) is 2.52. The van der Waals surface area contributed by atoms with Gasteiger partial charge in [-0.1, -0.05) is 0 Å². The van der Waals surface area contributed by atoms with E-state index in [0.29, 0.717) is 11.1 Å². The van der Waals surface area contributed by atoms with Gasteiger partial charge in [-0.15, -0.1) is 5.10 Å². The van der Waals surface area contributed by atoms with Gasteiger partial charge in [0.1, 0.15) is 6.33 Å². The number of aryl methyl sites for hydroxylation is 2. The monoisotopic (exact) mass is 376 g/mol. The van der Waals surface area contributed by atoms with E-state index in [0.717, 1.165) is 12.1 Å². The number of benzene rings is 1. The van der Waals surface area contributed by atoms with E-state index in [1.54, 1.807) is 26.2 Å². The molecule has 7 nitrogen and oxygen atoms in total. The number of amides is 1. The van der Waals surface area contributed by atoms with E-state index in [1.165, 1.54) is 28.1 Å². The number of hydrogen-bond donors (Lipinski definition) is 1. The summed E-state index contributed by atoms with van der Waals surface area (Å²) < 4.78 is 41.7. The van der Waals surface area contributed by atoms with Gasteiger partial charge in [0, 0.05) is 30.6 Å². The van der Waals surface area contributed by atoms with Crippen molar-refractivity contribution in [1.82, 2.24) is 24.5 Å². The number of primary amides is 1. The van der Waals surface area contributed by atoms with E-state index in [4.69, 9.17) is 5.73 Å². The maximum absolute atomic E-state index is 13.0. The van der Waals surface area contributed by atoms with Crippen molar-refractivity contribution in [3.8, 4) is 11.4 Å². The van der Waals surface area contributed by atoms with Crippen molar-refractivity contribution in [3.05, 3.63) is 53.6 Å². The third kappa shape index (κ3) is 4.05. The lowest BCUT2D eigenvalue weighted by atomic mass is 10.1. The number of rotatable bonds is 4. The molecule has 2 N–H and O–H groups in total. The molecule has 2 aromatic heterocycles. The highest BCUT2D eigenvalue weighted by Crippen LogP contribution is 2.32. The average Bonchev–Trinajstić information content (AvgIpc) is 3.20. The Balaban J connectivity index is 1.99. The normalized spacial score (nSPS) is 12.4. The zero-order valence-electron chi connectivity index (χ0n) is 14.4. The summed E-state index contributed by atoms with van der Waals surface area (Å²) >= 11 is 0. The van der Waals surface area contributed by atoms with Gasteiger partial charge in [-0.3, -0.25) is 9.48 Å². The lowest BCUT2D eigenvalue weighted by molar-refractivity contribution is -0.137. The van der Waals surface area contributed by atoms with Gasteiger partial charge in [0.2, 0.25) is 0 Å². The summed E-state index contributed by atoms with van der Waals surface area (Å²) in [5.74, 6) is -0.606. The highest BCUT2D eigenvalue weighted by Gasteiger charge is 2.31. The molecule has 1 aromatic carbocycles. The summed E-state index contributed by atoms with van der Waals surface area (Å²) in [5.41, 5.74) is 5.89. The smallest absolute Gasteiger partial charge is 0.366 e. The molecular weight excluding hydrogens is 361 g/mol. The number of hydrogen-bond acceptors (Lipinski definition) is 4. The van der Waals surface area contributed by atoms with Gasteiger partial charge in [0.25, 0.3) is 5.91 Å². The van der Waals surface area contributed by atoms with Crippen LogP contribution in [-0.4, -0.2) is 30.5 Å². The Kier molecular flexibility index (Phi) is 4.56. The number of nitrogens with two attached hydrogens (primary N) is 1. The third-order valence-electron chi connectivity index (χ3n) is 3.71. The second kappa shape index (κ2) is 6.71. The first-order chi connectivity index (χ1) is 12.6. The highest BCUT2D eigenvalue weighted by molar-refractivity contribution is 6.22. The largest absolute Gasteiger partial charge is 0.416 e. The molecule has 0 fully saturated rings. The summed E-state index contributed by atoms with van der Waals surface area (Å²) in [5, 5.41) is 8.10. The van der Waals surface area contributed by atoms with E-state index < -0.39 is 17.6 Å². The minimum atomic E-state index is -4.47. The number of carbonyl (C=O) groups excluding carboxylic acids is 1. The van der Waals surface area contributed by atoms with Crippen LogP contribution in [0.4, 0.5) is 13.2 Å². The quantitative estimate of drug-likeness (QED) is 0.708. The highest BCUT2D eigenvalue weighted by atomic mass is 19.4. The molecule has 3 rings (SSSR count). The van der Waals surface area contributed by atoms with Gasteiger partial charge in [-0.2, -0.15) is 18.3 Å². The van der Waals surface area contributed by atoms with Crippen molar-refractivity contribution in [2.75, 3.05) is 0 Å². The minimum absolute atomic E-state index is 0.0930. The Hall–Kier alpha value is -3.43. The maximum atomic E-state index is 13.0. The molecule has 2 heterocycles. The predicted octanol–water partition coefficient (Wildman–Crippen LogP) is 2.49. The number of nitrogens with zero attached hydrogens (tertiary/aromatic N) is 5. The molecule has 0 aliphatic carbocycles. The SMILES string of the molecule is Cc1cc(-c2ncn(/C=C(\C(N)=O)c3cnn(C)c3)n2)cc(C(F)(F)F)c1. The maximum Gasteiger partial charge on any atom is 0.416 e. The average molecular weight is 376 g/mol. The van der Waals surface area contributed by atoms with Crippen LogP contribution in [0.15, 0.2) is 36.9 Å². The van der Waals surface area contributed by atoms with Gasteiger partial charge in [-0.25, -0.2) is 9.67 Å². The molecule has 0 saturated carbocycles. The third-order valence-corrected chi connectivity index (χ3v) is 3.71. The number of carbonyl (C=O) groups is 1.